The minimum Gasteiger partial charge on any atom is -0.497 e. The molecule has 4 heteroatoms. The third-order valence-corrected chi connectivity index (χ3v) is 7.84. The molecule has 0 saturated heterocycles. The van der Waals surface area contributed by atoms with Crippen molar-refractivity contribution in [1.29, 1.82) is 0 Å². The lowest BCUT2D eigenvalue weighted by Gasteiger charge is -2.56. The molecule has 164 valence electrons. The number of rotatable bonds is 7. The van der Waals surface area contributed by atoms with E-state index in [0.29, 0.717) is 19.0 Å². The predicted molar refractivity (Wildman–Crippen MR) is 121 cm³/mol. The van der Waals surface area contributed by atoms with E-state index in [2.05, 4.69) is 29.2 Å². The Bertz CT molecular complexity index is 834. The van der Waals surface area contributed by atoms with Crippen LogP contribution in [0.2, 0.25) is 0 Å². The van der Waals surface area contributed by atoms with E-state index in [4.69, 9.17) is 9.47 Å². The van der Waals surface area contributed by atoms with Crippen molar-refractivity contribution in [1.82, 2.24) is 4.90 Å². The molecule has 4 fully saturated rings. The highest BCUT2D eigenvalue weighted by atomic mass is 16.5. The summed E-state index contributed by atoms with van der Waals surface area (Å²) in [6.45, 7) is 1.27. The highest BCUT2D eigenvalue weighted by Gasteiger charge is 2.55. The van der Waals surface area contributed by atoms with Crippen LogP contribution in [0.3, 0.4) is 0 Å². The van der Waals surface area contributed by atoms with Gasteiger partial charge < -0.3 is 14.4 Å². The Balaban J connectivity index is 1.41. The molecule has 4 bridgehead atoms. The molecule has 4 aliphatic carbocycles. The maximum Gasteiger partial charge on any atom is 0.229 e. The molecule has 0 spiro atoms. The zero-order valence-electron chi connectivity index (χ0n) is 18.7. The summed E-state index contributed by atoms with van der Waals surface area (Å²) in [5, 5.41) is 0. The molecule has 0 aliphatic heterocycles. The molecule has 4 saturated carbocycles. The number of methoxy groups -OCH3 is 2. The van der Waals surface area contributed by atoms with Gasteiger partial charge in [0.05, 0.1) is 19.6 Å². The fourth-order valence-corrected chi connectivity index (χ4v) is 6.81. The van der Waals surface area contributed by atoms with E-state index in [-0.39, 0.29) is 5.41 Å². The summed E-state index contributed by atoms with van der Waals surface area (Å²) < 4.78 is 10.6. The molecule has 2 aromatic carbocycles. The first kappa shape index (κ1) is 20.4. The number of carbonyl (C=O) groups excluding carboxylic acids is 1. The van der Waals surface area contributed by atoms with Crippen LogP contribution in [0, 0.1) is 23.2 Å². The van der Waals surface area contributed by atoms with Crippen molar-refractivity contribution in [3.8, 4) is 11.5 Å². The molecule has 4 aliphatic rings. The SMILES string of the molecule is COc1ccc(CN(Cc2ccc(OC)cc2)C(=O)C23CC4CC(CC(C4)C2)C3)cc1. The second-order valence-corrected chi connectivity index (χ2v) is 10.1. The normalized spacial score (nSPS) is 28.4. The zero-order valence-corrected chi connectivity index (χ0v) is 18.7. The number of hydrogen-bond acceptors (Lipinski definition) is 3. The lowest BCUT2D eigenvalue weighted by atomic mass is 9.49. The van der Waals surface area contributed by atoms with Gasteiger partial charge >= 0.3 is 0 Å². The van der Waals surface area contributed by atoms with Gasteiger partial charge in [-0.25, -0.2) is 0 Å². The Morgan fingerprint density at radius 3 is 1.52 bits per heavy atom. The molecule has 31 heavy (non-hydrogen) atoms. The maximum atomic E-state index is 14.1. The topological polar surface area (TPSA) is 38.8 Å². The van der Waals surface area contributed by atoms with Gasteiger partial charge in [-0.15, -0.1) is 0 Å². The van der Waals surface area contributed by atoms with E-state index in [1.807, 2.05) is 24.3 Å². The molecule has 6 rings (SSSR count). The monoisotopic (exact) mass is 419 g/mol. The highest BCUT2D eigenvalue weighted by molar-refractivity contribution is 5.83. The Kier molecular flexibility index (Phi) is 5.41. The average molecular weight is 420 g/mol. The molecule has 2 aromatic rings. The molecular weight excluding hydrogens is 386 g/mol. The lowest BCUT2D eigenvalue weighted by molar-refractivity contribution is -0.159. The molecule has 0 atom stereocenters. The van der Waals surface area contributed by atoms with Crippen LogP contribution in [-0.4, -0.2) is 25.0 Å². The van der Waals surface area contributed by atoms with Gasteiger partial charge in [-0.05, 0) is 91.7 Å². The van der Waals surface area contributed by atoms with Crippen molar-refractivity contribution in [2.75, 3.05) is 14.2 Å². The van der Waals surface area contributed by atoms with Gasteiger partial charge in [0.25, 0.3) is 0 Å². The number of hydrogen-bond donors (Lipinski definition) is 0. The summed E-state index contributed by atoms with van der Waals surface area (Å²) in [5.74, 6) is 4.35. The molecule has 0 aromatic heterocycles. The van der Waals surface area contributed by atoms with Crippen LogP contribution in [0.4, 0.5) is 0 Å². The first-order valence-electron chi connectivity index (χ1n) is 11.6. The van der Waals surface area contributed by atoms with Gasteiger partial charge in [-0.1, -0.05) is 24.3 Å². The molecule has 0 heterocycles. The van der Waals surface area contributed by atoms with Crippen molar-refractivity contribution < 1.29 is 14.3 Å². The summed E-state index contributed by atoms with van der Waals surface area (Å²) in [6, 6.07) is 16.2. The van der Waals surface area contributed by atoms with Crippen molar-refractivity contribution in [3.63, 3.8) is 0 Å². The minimum absolute atomic E-state index is 0.131. The second kappa shape index (κ2) is 8.22. The third kappa shape index (κ3) is 4.05. The largest absolute Gasteiger partial charge is 0.497 e. The first-order valence-corrected chi connectivity index (χ1v) is 11.6. The summed E-state index contributed by atoms with van der Waals surface area (Å²) in [6.07, 6.45) is 7.34. The number of benzene rings is 2. The quantitative estimate of drug-likeness (QED) is 0.599. The second-order valence-electron chi connectivity index (χ2n) is 10.1. The predicted octanol–water partition coefficient (Wildman–Crippen LogP) is 5.45. The van der Waals surface area contributed by atoms with Crippen LogP contribution in [0.5, 0.6) is 11.5 Å². The van der Waals surface area contributed by atoms with Gasteiger partial charge in [-0.2, -0.15) is 0 Å². The van der Waals surface area contributed by atoms with Crippen molar-refractivity contribution >= 4 is 5.91 Å². The summed E-state index contributed by atoms with van der Waals surface area (Å²) >= 11 is 0. The molecule has 0 radical (unpaired) electrons. The number of nitrogens with zero attached hydrogens (tertiary/aromatic N) is 1. The maximum absolute atomic E-state index is 14.1. The molecular formula is C27H33NO3. The highest BCUT2D eigenvalue weighted by Crippen LogP contribution is 2.60. The van der Waals surface area contributed by atoms with Gasteiger partial charge in [-0.3, -0.25) is 4.79 Å². The number of carbonyl (C=O) groups is 1. The minimum atomic E-state index is -0.131. The summed E-state index contributed by atoms with van der Waals surface area (Å²) in [4.78, 5) is 16.2. The van der Waals surface area contributed by atoms with E-state index in [1.54, 1.807) is 14.2 Å². The number of amides is 1. The van der Waals surface area contributed by atoms with Gasteiger partial charge in [0.2, 0.25) is 5.91 Å². The Hall–Kier alpha value is -2.49. The average Bonchev–Trinajstić information content (AvgIpc) is 2.78. The fraction of sp³-hybridized carbons (Fsp3) is 0.519. The van der Waals surface area contributed by atoms with Crippen molar-refractivity contribution in [2.24, 2.45) is 23.2 Å². The fourth-order valence-electron chi connectivity index (χ4n) is 6.81. The Morgan fingerprint density at radius 1 is 0.774 bits per heavy atom. The van der Waals surface area contributed by atoms with Crippen LogP contribution in [0.25, 0.3) is 0 Å². The standard InChI is InChI=1S/C27H33NO3/c1-30-24-7-3-19(4-8-24)17-28(18-20-5-9-25(31-2)10-6-20)26(29)27-14-21-11-22(15-27)13-23(12-21)16-27/h3-10,21-23H,11-18H2,1-2H3. The van der Waals surface area contributed by atoms with Crippen LogP contribution >= 0.6 is 0 Å². The smallest absolute Gasteiger partial charge is 0.229 e. The van der Waals surface area contributed by atoms with Gasteiger partial charge in [0.15, 0.2) is 0 Å². The molecule has 4 nitrogen and oxygen atoms in total. The number of ether oxygens (including phenoxy) is 2. The summed E-state index contributed by atoms with van der Waals surface area (Å²) in [5.41, 5.74) is 2.16. The lowest BCUT2D eigenvalue weighted by Crippen LogP contribution is -2.54. The van der Waals surface area contributed by atoms with Gasteiger partial charge in [0, 0.05) is 13.1 Å². The van der Waals surface area contributed by atoms with E-state index in [1.165, 1.54) is 19.3 Å². The van der Waals surface area contributed by atoms with Crippen molar-refractivity contribution in [3.05, 3.63) is 59.7 Å². The van der Waals surface area contributed by atoms with Crippen LogP contribution in [0.15, 0.2) is 48.5 Å². The molecule has 0 unspecified atom stereocenters. The van der Waals surface area contributed by atoms with E-state index >= 15 is 0 Å². The molecule has 0 N–H and O–H groups in total. The van der Waals surface area contributed by atoms with Crippen LogP contribution in [0.1, 0.15) is 49.7 Å². The van der Waals surface area contributed by atoms with Crippen LogP contribution in [-0.2, 0) is 17.9 Å². The Labute approximate surface area is 185 Å². The summed E-state index contributed by atoms with van der Waals surface area (Å²) in [7, 11) is 3.36. The third-order valence-electron chi connectivity index (χ3n) is 7.84. The molecule has 1 amide bonds. The van der Waals surface area contributed by atoms with Crippen LogP contribution < -0.4 is 9.47 Å². The van der Waals surface area contributed by atoms with E-state index in [0.717, 1.165) is 59.6 Å². The Morgan fingerprint density at radius 2 is 1.16 bits per heavy atom. The van der Waals surface area contributed by atoms with Gasteiger partial charge in [0.1, 0.15) is 11.5 Å². The van der Waals surface area contributed by atoms with Crippen molar-refractivity contribution in [2.45, 2.75) is 51.6 Å². The zero-order chi connectivity index (χ0) is 21.4. The van der Waals surface area contributed by atoms with E-state index in [9.17, 15) is 4.79 Å². The first-order chi connectivity index (χ1) is 15.1. The van der Waals surface area contributed by atoms with E-state index < -0.39 is 0 Å².